The van der Waals surface area contributed by atoms with Gasteiger partial charge in [-0.1, -0.05) is 18.2 Å². The van der Waals surface area contributed by atoms with Crippen LogP contribution in [0.4, 0.5) is 4.39 Å². The minimum Gasteiger partial charge on any atom is -0.396 e. The lowest BCUT2D eigenvalue weighted by Gasteiger charge is -2.25. The van der Waals surface area contributed by atoms with Crippen molar-refractivity contribution in [2.24, 2.45) is 5.73 Å². The molecule has 0 bridgehead atoms. The van der Waals surface area contributed by atoms with Crippen LogP contribution in [0.25, 0.3) is 0 Å². The molecule has 1 aromatic carbocycles. The van der Waals surface area contributed by atoms with Gasteiger partial charge in [0, 0.05) is 17.7 Å². The quantitative estimate of drug-likeness (QED) is 0.772. The maximum Gasteiger partial charge on any atom is 0.128 e. The van der Waals surface area contributed by atoms with E-state index in [9.17, 15) is 4.39 Å². The molecule has 0 saturated carbocycles. The molecule has 0 aliphatic carbocycles. The molecule has 3 N–H and O–H groups in total. The molecule has 0 unspecified atom stereocenters. The molecular formula is C11H16FNO. The largest absolute Gasteiger partial charge is 0.396 e. The lowest BCUT2D eigenvalue weighted by Crippen LogP contribution is -2.34. The molecular weight excluding hydrogens is 181 g/mol. The first kappa shape index (κ1) is 11.1. The van der Waals surface area contributed by atoms with Gasteiger partial charge in [0.05, 0.1) is 0 Å². The zero-order chi connectivity index (χ0) is 10.6. The molecule has 14 heavy (non-hydrogen) atoms. The van der Waals surface area contributed by atoms with Crippen molar-refractivity contribution in [1.29, 1.82) is 0 Å². The number of halogens is 1. The minimum atomic E-state index is -0.700. The van der Waals surface area contributed by atoms with Gasteiger partial charge >= 0.3 is 0 Å². The molecule has 1 atom stereocenters. The number of aliphatic hydroxyl groups excluding tert-OH is 1. The van der Waals surface area contributed by atoms with Gasteiger partial charge in [0.25, 0.3) is 0 Å². The van der Waals surface area contributed by atoms with Crippen molar-refractivity contribution in [2.45, 2.75) is 25.3 Å². The molecule has 0 radical (unpaired) electrons. The van der Waals surface area contributed by atoms with Crippen LogP contribution >= 0.6 is 0 Å². The Kier molecular flexibility index (Phi) is 3.61. The predicted molar refractivity (Wildman–Crippen MR) is 54.3 cm³/mol. The number of hydrogen-bond donors (Lipinski definition) is 2. The molecule has 0 heterocycles. The van der Waals surface area contributed by atoms with E-state index in [1.165, 1.54) is 6.07 Å². The van der Waals surface area contributed by atoms with Crippen molar-refractivity contribution in [3.8, 4) is 0 Å². The van der Waals surface area contributed by atoms with Crippen LogP contribution in [0.2, 0.25) is 0 Å². The summed E-state index contributed by atoms with van der Waals surface area (Å²) < 4.78 is 13.4. The monoisotopic (exact) mass is 197 g/mol. The second kappa shape index (κ2) is 4.53. The van der Waals surface area contributed by atoms with Crippen LogP contribution in [-0.2, 0) is 5.54 Å². The van der Waals surface area contributed by atoms with Crippen LogP contribution in [0.5, 0.6) is 0 Å². The fraction of sp³-hybridized carbons (Fsp3) is 0.455. The molecule has 0 aliphatic rings. The highest BCUT2D eigenvalue weighted by Gasteiger charge is 2.23. The van der Waals surface area contributed by atoms with E-state index >= 15 is 0 Å². The summed E-state index contributed by atoms with van der Waals surface area (Å²) in [6.45, 7) is 1.86. The highest BCUT2D eigenvalue weighted by Crippen LogP contribution is 2.25. The average molecular weight is 197 g/mol. The van der Waals surface area contributed by atoms with Crippen molar-refractivity contribution < 1.29 is 9.50 Å². The number of benzene rings is 1. The van der Waals surface area contributed by atoms with Crippen LogP contribution in [0, 0.1) is 5.82 Å². The van der Waals surface area contributed by atoms with E-state index in [0.717, 1.165) is 0 Å². The van der Waals surface area contributed by atoms with E-state index in [-0.39, 0.29) is 12.4 Å². The van der Waals surface area contributed by atoms with E-state index in [1.54, 1.807) is 25.1 Å². The van der Waals surface area contributed by atoms with Gasteiger partial charge in [0.2, 0.25) is 0 Å². The molecule has 0 aliphatic heterocycles. The normalized spacial score (nSPS) is 15.1. The molecule has 0 aromatic heterocycles. The van der Waals surface area contributed by atoms with Gasteiger partial charge in [-0.25, -0.2) is 4.39 Å². The van der Waals surface area contributed by atoms with Gasteiger partial charge in [0.1, 0.15) is 5.82 Å². The third kappa shape index (κ3) is 2.53. The number of aliphatic hydroxyl groups is 1. The van der Waals surface area contributed by atoms with Crippen molar-refractivity contribution in [1.82, 2.24) is 0 Å². The van der Waals surface area contributed by atoms with E-state index in [0.29, 0.717) is 18.4 Å². The van der Waals surface area contributed by atoms with Crippen LogP contribution in [0.15, 0.2) is 24.3 Å². The summed E-state index contributed by atoms with van der Waals surface area (Å²) in [6, 6.07) is 6.50. The van der Waals surface area contributed by atoms with Crippen LogP contribution in [0.1, 0.15) is 25.3 Å². The predicted octanol–water partition coefficient (Wildman–Crippen LogP) is 1.77. The topological polar surface area (TPSA) is 46.2 Å². The zero-order valence-corrected chi connectivity index (χ0v) is 8.33. The Morgan fingerprint density at radius 2 is 2.07 bits per heavy atom. The lowest BCUT2D eigenvalue weighted by atomic mass is 9.88. The van der Waals surface area contributed by atoms with Gasteiger partial charge in [-0.3, -0.25) is 0 Å². The summed E-state index contributed by atoms with van der Waals surface area (Å²) in [7, 11) is 0. The van der Waals surface area contributed by atoms with Crippen LogP contribution in [0.3, 0.4) is 0 Å². The summed E-state index contributed by atoms with van der Waals surface area (Å²) in [6.07, 6.45) is 1.16. The highest BCUT2D eigenvalue weighted by atomic mass is 19.1. The van der Waals surface area contributed by atoms with Gasteiger partial charge < -0.3 is 10.8 Å². The molecule has 0 saturated heterocycles. The fourth-order valence-corrected chi connectivity index (χ4v) is 1.51. The number of rotatable bonds is 4. The Hall–Kier alpha value is -0.930. The summed E-state index contributed by atoms with van der Waals surface area (Å²) in [5, 5.41) is 8.70. The first-order valence-electron chi connectivity index (χ1n) is 4.72. The highest BCUT2D eigenvalue weighted by molar-refractivity contribution is 5.24. The lowest BCUT2D eigenvalue weighted by molar-refractivity contribution is 0.264. The number of nitrogens with two attached hydrogens (primary N) is 1. The van der Waals surface area contributed by atoms with Crippen molar-refractivity contribution >= 4 is 0 Å². The molecule has 0 fully saturated rings. The van der Waals surface area contributed by atoms with Crippen LogP contribution < -0.4 is 5.73 Å². The number of hydrogen-bond acceptors (Lipinski definition) is 2. The fourth-order valence-electron chi connectivity index (χ4n) is 1.51. The molecule has 3 heteroatoms. The maximum absolute atomic E-state index is 13.4. The third-order valence-electron chi connectivity index (χ3n) is 2.34. The van der Waals surface area contributed by atoms with Crippen molar-refractivity contribution in [3.05, 3.63) is 35.6 Å². The molecule has 0 amide bonds. The second-order valence-electron chi connectivity index (χ2n) is 3.72. The summed E-state index contributed by atoms with van der Waals surface area (Å²) in [5.41, 5.74) is 5.78. The van der Waals surface area contributed by atoms with Gasteiger partial charge in [0.15, 0.2) is 0 Å². The standard InChI is InChI=1S/C11H16FNO/c1-11(13,7-4-8-14)9-5-2-3-6-10(9)12/h2-3,5-6,14H,4,7-8,13H2,1H3/t11-/m0/s1. The van der Waals surface area contributed by atoms with Crippen molar-refractivity contribution in [2.75, 3.05) is 6.61 Å². The Balaban J connectivity index is 2.86. The molecule has 78 valence electrons. The summed E-state index contributed by atoms with van der Waals surface area (Å²) in [4.78, 5) is 0. The average Bonchev–Trinajstić information content (AvgIpc) is 2.15. The summed E-state index contributed by atoms with van der Waals surface area (Å²) >= 11 is 0. The van der Waals surface area contributed by atoms with Crippen molar-refractivity contribution in [3.63, 3.8) is 0 Å². The zero-order valence-electron chi connectivity index (χ0n) is 8.33. The first-order chi connectivity index (χ1) is 6.58. The Bertz CT molecular complexity index is 299. The van der Waals surface area contributed by atoms with E-state index in [4.69, 9.17) is 10.8 Å². The molecule has 2 nitrogen and oxygen atoms in total. The Morgan fingerprint density at radius 3 is 2.64 bits per heavy atom. The van der Waals surface area contributed by atoms with Crippen LogP contribution in [-0.4, -0.2) is 11.7 Å². The third-order valence-corrected chi connectivity index (χ3v) is 2.34. The summed E-state index contributed by atoms with van der Waals surface area (Å²) in [5.74, 6) is -0.282. The SMILES string of the molecule is C[C@](N)(CCCO)c1ccccc1F. The van der Waals surface area contributed by atoms with Gasteiger partial charge in [-0.05, 0) is 25.8 Å². The van der Waals surface area contributed by atoms with Gasteiger partial charge in [-0.2, -0.15) is 0 Å². The first-order valence-corrected chi connectivity index (χ1v) is 4.72. The molecule has 1 rings (SSSR count). The minimum absolute atomic E-state index is 0.0846. The van der Waals surface area contributed by atoms with Gasteiger partial charge in [-0.15, -0.1) is 0 Å². The second-order valence-corrected chi connectivity index (χ2v) is 3.72. The van der Waals surface area contributed by atoms with E-state index < -0.39 is 5.54 Å². The smallest absolute Gasteiger partial charge is 0.128 e. The van der Waals surface area contributed by atoms with E-state index in [1.807, 2.05) is 0 Å². The Morgan fingerprint density at radius 1 is 1.43 bits per heavy atom. The Labute approximate surface area is 83.6 Å². The molecule has 0 spiro atoms. The maximum atomic E-state index is 13.4. The molecule has 1 aromatic rings. The van der Waals surface area contributed by atoms with E-state index in [2.05, 4.69) is 0 Å².